The van der Waals surface area contributed by atoms with Crippen LogP contribution < -0.4 is 14.8 Å². The van der Waals surface area contributed by atoms with Gasteiger partial charge in [0, 0.05) is 11.4 Å². The Morgan fingerprint density at radius 1 is 0.938 bits per heavy atom. The van der Waals surface area contributed by atoms with E-state index in [0.29, 0.717) is 11.8 Å². The first-order valence-electron chi connectivity index (χ1n) is 9.30. The van der Waals surface area contributed by atoms with Gasteiger partial charge in [-0.2, -0.15) is 13.2 Å². The van der Waals surface area contributed by atoms with Gasteiger partial charge in [-0.05, 0) is 54.1 Å². The van der Waals surface area contributed by atoms with Gasteiger partial charge >= 0.3 is 6.18 Å². The lowest BCUT2D eigenvalue weighted by atomic mass is 10.1. The minimum Gasteiger partial charge on any atom is -0.497 e. The van der Waals surface area contributed by atoms with E-state index in [9.17, 15) is 26.4 Å². The molecule has 3 aromatic carbocycles. The molecule has 0 bridgehead atoms. The van der Waals surface area contributed by atoms with Crippen molar-refractivity contribution in [3.63, 3.8) is 0 Å². The van der Waals surface area contributed by atoms with Gasteiger partial charge in [-0.1, -0.05) is 24.3 Å². The molecule has 0 atom stereocenters. The van der Waals surface area contributed by atoms with Gasteiger partial charge in [0.1, 0.15) is 5.75 Å². The van der Waals surface area contributed by atoms with Crippen molar-refractivity contribution in [1.82, 2.24) is 0 Å². The van der Waals surface area contributed by atoms with Crippen molar-refractivity contribution in [2.45, 2.75) is 17.5 Å². The van der Waals surface area contributed by atoms with Crippen LogP contribution in [-0.2, 0) is 27.4 Å². The molecule has 0 saturated heterocycles. The summed E-state index contributed by atoms with van der Waals surface area (Å²) in [5, 5.41) is 2.61. The highest BCUT2D eigenvalue weighted by molar-refractivity contribution is 7.92. The van der Waals surface area contributed by atoms with Gasteiger partial charge in [-0.15, -0.1) is 0 Å². The molecule has 6 nitrogen and oxygen atoms in total. The van der Waals surface area contributed by atoms with Gasteiger partial charge < -0.3 is 10.1 Å². The van der Waals surface area contributed by atoms with E-state index < -0.39 is 21.8 Å². The number of nitrogens with one attached hydrogen (secondary N) is 2. The Bertz CT molecular complexity index is 1210. The number of amides is 1. The molecule has 0 aliphatic rings. The predicted octanol–water partition coefficient (Wildman–Crippen LogP) is 4.70. The van der Waals surface area contributed by atoms with Crippen molar-refractivity contribution in [2.75, 3.05) is 17.1 Å². The van der Waals surface area contributed by atoms with Crippen molar-refractivity contribution in [3.05, 3.63) is 83.9 Å². The van der Waals surface area contributed by atoms with Crippen LogP contribution in [0.3, 0.4) is 0 Å². The Labute approximate surface area is 183 Å². The third-order valence-electron chi connectivity index (χ3n) is 4.39. The van der Waals surface area contributed by atoms with Crippen LogP contribution >= 0.6 is 0 Å². The summed E-state index contributed by atoms with van der Waals surface area (Å²) in [6, 6.07) is 16.2. The van der Waals surface area contributed by atoms with Crippen LogP contribution in [0.4, 0.5) is 24.5 Å². The van der Waals surface area contributed by atoms with E-state index in [1.54, 1.807) is 24.3 Å². The number of ether oxygens (including phenoxy) is 1. The van der Waals surface area contributed by atoms with Crippen LogP contribution in [-0.4, -0.2) is 21.4 Å². The highest BCUT2D eigenvalue weighted by Crippen LogP contribution is 2.31. The lowest BCUT2D eigenvalue weighted by Gasteiger charge is -2.12. The summed E-state index contributed by atoms with van der Waals surface area (Å²) in [5.41, 5.74) is -0.236. The molecule has 0 saturated carbocycles. The number of alkyl halides is 3. The zero-order chi connectivity index (χ0) is 23.4. The number of hydrogen-bond donors (Lipinski definition) is 2. The van der Waals surface area contributed by atoms with Gasteiger partial charge in [-0.25, -0.2) is 8.42 Å². The molecule has 3 aromatic rings. The van der Waals surface area contributed by atoms with E-state index in [4.69, 9.17) is 4.74 Å². The summed E-state index contributed by atoms with van der Waals surface area (Å²) in [7, 11) is -2.65. The second kappa shape index (κ2) is 9.31. The largest absolute Gasteiger partial charge is 0.497 e. The molecule has 168 valence electrons. The van der Waals surface area contributed by atoms with E-state index in [-0.39, 0.29) is 28.6 Å². The summed E-state index contributed by atoms with van der Waals surface area (Å²) in [6.45, 7) is 0. The number of benzene rings is 3. The predicted molar refractivity (Wildman–Crippen MR) is 114 cm³/mol. The molecular formula is C22H19F3N2O4S. The van der Waals surface area contributed by atoms with Gasteiger partial charge in [-0.3, -0.25) is 9.52 Å². The first kappa shape index (κ1) is 23.1. The molecule has 0 fully saturated rings. The maximum Gasteiger partial charge on any atom is 0.416 e. The van der Waals surface area contributed by atoms with E-state index in [0.717, 1.165) is 17.7 Å². The quantitative estimate of drug-likeness (QED) is 0.531. The zero-order valence-corrected chi connectivity index (χ0v) is 17.6. The number of rotatable bonds is 7. The van der Waals surface area contributed by atoms with Crippen LogP contribution in [0.2, 0.25) is 0 Å². The van der Waals surface area contributed by atoms with Crippen LogP contribution in [0.25, 0.3) is 0 Å². The molecular weight excluding hydrogens is 445 g/mol. The molecule has 10 heteroatoms. The second-order valence-corrected chi connectivity index (χ2v) is 8.47. The Kier molecular flexibility index (Phi) is 6.73. The summed E-state index contributed by atoms with van der Waals surface area (Å²) >= 11 is 0. The van der Waals surface area contributed by atoms with Crippen LogP contribution in [0.1, 0.15) is 11.1 Å². The molecule has 0 spiro atoms. The Morgan fingerprint density at radius 3 is 2.25 bits per heavy atom. The van der Waals surface area contributed by atoms with Gasteiger partial charge in [0.05, 0.1) is 24.0 Å². The SMILES string of the molecule is COc1ccc(CC(=O)Nc2cccc(S(=O)(=O)Nc3cccc(C(F)(F)F)c3)c2)cc1. The third-order valence-corrected chi connectivity index (χ3v) is 5.77. The highest BCUT2D eigenvalue weighted by atomic mass is 32.2. The van der Waals surface area contributed by atoms with Crippen molar-refractivity contribution >= 4 is 27.3 Å². The molecule has 3 rings (SSSR count). The Hall–Kier alpha value is -3.53. The number of anilines is 2. The molecule has 2 N–H and O–H groups in total. The van der Waals surface area contributed by atoms with Crippen molar-refractivity contribution in [3.8, 4) is 5.75 Å². The van der Waals surface area contributed by atoms with Crippen LogP contribution in [0.15, 0.2) is 77.7 Å². The number of methoxy groups -OCH3 is 1. The molecule has 0 aliphatic carbocycles. The minimum absolute atomic E-state index is 0.0590. The maximum absolute atomic E-state index is 12.9. The van der Waals surface area contributed by atoms with E-state index >= 15 is 0 Å². The average Bonchev–Trinajstić information content (AvgIpc) is 2.74. The monoisotopic (exact) mass is 464 g/mol. The van der Waals surface area contributed by atoms with Gasteiger partial charge in [0.15, 0.2) is 0 Å². The number of sulfonamides is 1. The Balaban J connectivity index is 1.72. The van der Waals surface area contributed by atoms with Gasteiger partial charge in [0.25, 0.3) is 10.0 Å². The number of carbonyl (C=O) groups excluding carboxylic acids is 1. The minimum atomic E-state index is -4.60. The highest BCUT2D eigenvalue weighted by Gasteiger charge is 2.30. The molecule has 0 unspecified atom stereocenters. The summed E-state index contributed by atoms with van der Waals surface area (Å²) in [6.07, 6.45) is -4.54. The maximum atomic E-state index is 12.9. The third kappa shape index (κ3) is 6.01. The summed E-state index contributed by atoms with van der Waals surface area (Å²) in [5.74, 6) is 0.288. The smallest absolute Gasteiger partial charge is 0.416 e. The molecule has 0 aromatic heterocycles. The van der Waals surface area contributed by atoms with Crippen LogP contribution in [0.5, 0.6) is 5.75 Å². The molecule has 0 aliphatic heterocycles. The molecule has 0 heterocycles. The number of halogens is 3. The summed E-state index contributed by atoms with van der Waals surface area (Å²) in [4.78, 5) is 12.1. The number of hydrogen-bond acceptors (Lipinski definition) is 4. The van der Waals surface area contributed by atoms with Crippen molar-refractivity contribution < 1.29 is 31.1 Å². The standard InChI is InChI=1S/C22H19F3N2O4S/c1-31-19-10-8-15(9-11-19)12-21(28)26-17-5-3-7-20(14-17)32(29,30)27-18-6-2-4-16(13-18)22(23,24)25/h2-11,13-14,27H,12H2,1H3,(H,26,28). The topological polar surface area (TPSA) is 84.5 Å². The molecule has 1 amide bonds. The number of carbonyl (C=O) groups is 1. The van der Waals surface area contributed by atoms with Crippen molar-refractivity contribution in [1.29, 1.82) is 0 Å². The van der Waals surface area contributed by atoms with E-state index in [1.165, 1.54) is 37.4 Å². The molecule has 0 radical (unpaired) electrons. The van der Waals surface area contributed by atoms with Crippen molar-refractivity contribution in [2.24, 2.45) is 0 Å². The van der Waals surface area contributed by atoms with E-state index in [2.05, 4.69) is 10.0 Å². The summed E-state index contributed by atoms with van der Waals surface area (Å²) < 4.78 is 71.1. The lowest BCUT2D eigenvalue weighted by molar-refractivity contribution is -0.137. The normalized spacial score (nSPS) is 11.6. The lowest BCUT2D eigenvalue weighted by Crippen LogP contribution is -2.16. The van der Waals surface area contributed by atoms with Crippen LogP contribution in [0, 0.1) is 0 Å². The first-order valence-corrected chi connectivity index (χ1v) is 10.8. The molecule has 32 heavy (non-hydrogen) atoms. The fourth-order valence-electron chi connectivity index (χ4n) is 2.85. The second-order valence-electron chi connectivity index (χ2n) is 6.78. The fourth-order valence-corrected chi connectivity index (χ4v) is 3.94. The average molecular weight is 464 g/mol. The van der Waals surface area contributed by atoms with Gasteiger partial charge in [0.2, 0.25) is 5.91 Å². The Morgan fingerprint density at radius 2 is 1.59 bits per heavy atom. The fraction of sp³-hybridized carbons (Fsp3) is 0.136. The zero-order valence-electron chi connectivity index (χ0n) is 16.8. The first-order chi connectivity index (χ1) is 15.1. The van der Waals surface area contributed by atoms with E-state index in [1.807, 2.05) is 0 Å².